The fraction of sp³-hybridized carbons (Fsp3) is 0.391. The number of methoxy groups -OCH3 is 2. The van der Waals surface area contributed by atoms with Gasteiger partial charge in [0, 0.05) is 37.7 Å². The number of rotatable bonds is 6. The average molecular weight is 412 g/mol. The zero-order valence-electron chi connectivity index (χ0n) is 18.0. The zero-order chi connectivity index (χ0) is 21.7. The van der Waals surface area contributed by atoms with Crippen molar-refractivity contribution in [3.8, 4) is 11.5 Å². The number of ether oxygens (including phenoxy) is 2. The van der Waals surface area contributed by atoms with Crippen molar-refractivity contribution in [2.24, 2.45) is 5.92 Å². The van der Waals surface area contributed by atoms with Crippen molar-refractivity contribution < 1.29 is 19.1 Å². The second-order valence-electron chi connectivity index (χ2n) is 7.51. The van der Waals surface area contributed by atoms with E-state index in [1.165, 1.54) is 0 Å². The Kier molecular flexibility index (Phi) is 6.82. The van der Waals surface area contributed by atoms with E-state index in [1.54, 1.807) is 32.4 Å². The summed E-state index contributed by atoms with van der Waals surface area (Å²) in [6, 6.07) is 12.8. The number of hydrogen-bond donors (Lipinski definition) is 1. The highest BCUT2D eigenvalue weighted by Gasteiger charge is 2.24. The lowest BCUT2D eigenvalue weighted by atomic mass is 10.1. The molecule has 1 aliphatic heterocycles. The Labute approximate surface area is 177 Å². The molecule has 0 saturated carbocycles. The first kappa shape index (κ1) is 21.5. The standard InChI is InChI=1S/C23H29N3O4/c1-16(2)23(28)26-13-11-25(12-14-26)19-8-6-5-7-18(19)24-22(27)17-9-10-20(29-3)21(15-17)30-4/h5-10,15-16H,11-14H2,1-4H3,(H,24,27). The summed E-state index contributed by atoms with van der Waals surface area (Å²) in [5.74, 6) is 1.04. The molecule has 0 aliphatic carbocycles. The van der Waals surface area contributed by atoms with Crippen LogP contribution in [0.2, 0.25) is 0 Å². The molecule has 0 atom stereocenters. The Morgan fingerprint density at radius 1 is 0.933 bits per heavy atom. The molecule has 0 unspecified atom stereocenters. The summed E-state index contributed by atoms with van der Waals surface area (Å²) in [5.41, 5.74) is 2.17. The molecule has 1 fully saturated rings. The van der Waals surface area contributed by atoms with Gasteiger partial charge in [0.2, 0.25) is 5.91 Å². The van der Waals surface area contributed by atoms with E-state index < -0.39 is 0 Å². The lowest BCUT2D eigenvalue weighted by Gasteiger charge is -2.37. The normalized spacial score (nSPS) is 13.9. The van der Waals surface area contributed by atoms with Gasteiger partial charge >= 0.3 is 0 Å². The molecule has 3 rings (SSSR count). The van der Waals surface area contributed by atoms with Gasteiger partial charge in [-0.25, -0.2) is 0 Å². The molecule has 0 bridgehead atoms. The Balaban J connectivity index is 1.73. The highest BCUT2D eigenvalue weighted by Crippen LogP contribution is 2.30. The molecule has 7 nitrogen and oxygen atoms in total. The minimum Gasteiger partial charge on any atom is -0.493 e. The summed E-state index contributed by atoms with van der Waals surface area (Å²) in [7, 11) is 3.10. The number of nitrogens with one attached hydrogen (secondary N) is 1. The molecule has 0 spiro atoms. The number of hydrogen-bond acceptors (Lipinski definition) is 5. The van der Waals surface area contributed by atoms with Crippen LogP contribution in [0.4, 0.5) is 11.4 Å². The predicted octanol–water partition coefficient (Wildman–Crippen LogP) is 3.26. The molecule has 1 N–H and O–H groups in total. The van der Waals surface area contributed by atoms with Gasteiger partial charge in [-0.05, 0) is 30.3 Å². The van der Waals surface area contributed by atoms with Crippen LogP contribution in [0.15, 0.2) is 42.5 Å². The third kappa shape index (κ3) is 4.67. The van der Waals surface area contributed by atoms with Crippen molar-refractivity contribution in [1.82, 2.24) is 4.90 Å². The Hall–Kier alpha value is -3.22. The van der Waals surface area contributed by atoms with Gasteiger partial charge in [0.05, 0.1) is 25.6 Å². The van der Waals surface area contributed by atoms with Gasteiger partial charge in [0.1, 0.15) is 0 Å². The van der Waals surface area contributed by atoms with E-state index in [9.17, 15) is 9.59 Å². The largest absolute Gasteiger partial charge is 0.493 e. The molecule has 2 aromatic rings. The van der Waals surface area contributed by atoms with E-state index in [-0.39, 0.29) is 17.7 Å². The van der Waals surface area contributed by atoms with Crippen LogP contribution >= 0.6 is 0 Å². The minimum absolute atomic E-state index is 0.00427. The van der Waals surface area contributed by atoms with E-state index in [0.29, 0.717) is 30.2 Å². The first-order valence-electron chi connectivity index (χ1n) is 10.1. The SMILES string of the molecule is COc1ccc(C(=O)Nc2ccccc2N2CCN(C(=O)C(C)C)CC2)cc1OC. The Morgan fingerprint density at radius 3 is 2.23 bits per heavy atom. The molecule has 1 heterocycles. The van der Waals surface area contributed by atoms with E-state index >= 15 is 0 Å². The molecule has 1 aliphatic rings. The van der Waals surface area contributed by atoms with Crippen molar-refractivity contribution in [2.45, 2.75) is 13.8 Å². The first-order chi connectivity index (χ1) is 14.4. The van der Waals surface area contributed by atoms with Crippen LogP contribution in [0.3, 0.4) is 0 Å². The van der Waals surface area contributed by atoms with Crippen molar-refractivity contribution in [3.05, 3.63) is 48.0 Å². The van der Waals surface area contributed by atoms with Gasteiger partial charge < -0.3 is 24.6 Å². The van der Waals surface area contributed by atoms with Crippen molar-refractivity contribution in [2.75, 3.05) is 50.6 Å². The highest BCUT2D eigenvalue weighted by atomic mass is 16.5. The summed E-state index contributed by atoms with van der Waals surface area (Å²) in [4.78, 5) is 29.2. The molecular weight excluding hydrogens is 382 g/mol. The van der Waals surface area contributed by atoms with Crippen LogP contribution in [0, 0.1) is 5.92 Å². The maximum absolute atomic E-state index is 12.9. The smallest absolute Gasteiger partial charge is 0.255 e. The summed E-state index contributed by atoms with van der Waals surface area (Å²) in [5, 5.41) is 3.01. The fourth-order valence-electron chi connectivity index (χ4n) is 3.56. The summed E-state index contributed by atoms with van der Waals surface area (Å²) >= 11 is 0. The molecule has 30 heavy (non-hydrogen) atoms. The molecule has 2 amide bonds. The van der Waals surface area contributed by atoms with Crippen molar-refractivity contribution in [3.63, 3.8) is 0 Å². The molecule has 160 valence electrons. The van der Waals surface area contributed by atoms with E-state index in [2.05, 4.69) is 10.2 Å². The van der Waals surface area contributed by atoms with Gasteiger partial charge in [-0.3, -0.25) is 9.59 Å². The third-order valence-corrected chi connectivity index (χ3v) is 5.22. The van der Waals surface area contributed by atoms with Crippen LogP contribution in [0.1, 0.15) is 24.2 Å². The average Bonchev–Trinajstić information content (AvgIpc) is 2.78. The monoisotopic (exact) mass is 411 g/mol. The summed E-state index contributed by atoms with van der Waals surface area (Å²) < 4.78 is 10.5. The fourth-order valence-corrected chi connectivity index (χ4v) is 3.56. The second-order valence-corrected chi connectivity index (χ2v) is 7.51. The van der Waals surface area contributed by atoms with Crippen molar-refractivity contribution >= 4 is 23.2 Å². The number of carbonyl (C=O) groups is 2. The third-order valence-electron chi connectivity index (χ3n) is 5.22. The zero-order valence-corrected chi connectivity index (χ0v) is 18.0. The lowest BCUT2D eigenvalue weighted by molar-refractivity contribution is -0.134. The van der Waals surface area contributed by atoms with Crippen molar-refractivity contribution in [1.29, 1.82) is 0 Å². The second kappa shape index (κ2) is 9.52. The number of amides is 2. The summed E-state index contributed by atoms with van der Waals surface area (Å²) in [6.45, 7) is 6.65. The van der Waals surface area contributed by atoms with E-state index in [4.69, 9.17) is 9.47 Å². The number of para-hydroxylation sites is 2. The van der Waals surface area contributed by atoms with E-state index in [1.807, 2.05) is 43.0 Å². The number of benzene rings is 2. The van der Waals surface area contributed by atoms with Gasteiger partial charge in [0.15, 0.2) is 11.5 Å². The number of anilines is 2. The Bertz CT molecular complexity index is 905. The minimum atomic E-state index is -0.225. The molecule has 2 aromatic carbocycles. The van der Waals surface area contributed by atoms with Crippen LogP contribution in [0.25, 0.3) is 0 Å². The quantitative estimate of drug-likeness (QED) is 0.790. The highest BCUT2D eigenvalue weighted by molar-refractivity contribution is 6.06. The van der Waals surface area contributed by atoms with Gasteiger partial charge in [-0.1, -0.05) is 26.0 Å². The van der Waals surface area contributed by atoms with Crippen LogP contribution < -0.4 is 19.7 Å². The number of piperazine rings is 1. The molecular formula is C23H29N3O4. The van der Waals surface area contributed by atoms with Crippen LogP contribution in [0.5, 0.6) is 11.5 Å². The van der Waals surface area contributed by atoms with Crippen LogP contribution in [-0.2, 0) is 4.79 Å². The maximum atomic E-state index is 12.9. The molecule has 0 aromatic heterocycles. The van der Waals surface area contributed by atoms with Crippen LogP contribution in [-0.4, -0.2) is 57.1 Å². The number of nitrogens with zero attached hydrogens (tertiary/aromatic N) is 2. The number of carbonyl (C=O) groups excluding carboxylic acids is 2. The van der Waals surface area contributed by atoms with Gasteiger partial charge in [-0.2, -0.15) is 0 Å². The summed E-state index contributed by atoms with van der Waals surface area (Å²) in [6.07, 6.45) is 0. The topological polar surface area (TPSA) is 71.1 Å². The lowest BCUT2D eigenvalue weighted by Crippen LogP contribution is -2.50. The van der Waals surface area contributed by atoms with Gasteiger partial charge in [-0.15, -0.1) is 0 Å². The Morgan fingerprint density at radius 2 is 1.60 bits per heavy atom. The molecule has 7 heteroatoms. The predicted molar refractivity (Wildman–Crippen MR) is 118 cm³/mol. The molecule has 1 saturated heterocycles. The first-order valence-corrected chi connectivity index (χ1v) is 10.1. The van der Waals surface area contributed by atoms with E-state index in [0.717, 1.165) is 24.5 Å². The molecule has 0 radical (unpaired) electrons. The maximum Gasteiger partial charge on any atom is 0.255 e. The van der Waals surface area contributed by atoms with Gasteiger partial charge in [0.25, 0.3) is 5.91 Å².